The lowest BCUT2D eigenvalue weighted by molar-refractivity contribution is -0.144. The Morgan fingerprint density at radius 3 is 2.00 bits per heavy atom. The van der Waals surface area contributed by atoms with Gasteiger partial charge in [0.2, 0.25) is 5.75 Å². The van der Waals surface area contributed by atoms with Crippen LogP contribution in [0.4, 0.5) is 0 Å². The minimum atomic E-state index is -0.339. The molecule has 0 amide bonds. The highest BCUT2D eigenvalue weighted by molar-refractivity contribution is 5.84. The smallest absolute Gasteiger partial charge is 0.310 e. The van der Waals surface area contributed by atoms with E-state index in [1.165, 1.54) is 21.3 Å². The lowest BCUT2D eigenvalue weighted by Crippen LogP contribution is -2.08. The van der Waals surface area contributed by atoms with E-state index in [-0.39, 0.29) is 19.0 Å². The first-order valence-corrected chi connectivity index (χ1v) is 9.09. The highest BCUT2D eigenvalue weighted by Crippen LogP contribution is 2.38. The van der Waals surface area contributed by atoms with Crippen molar-refractivity contribution in [2.24, 2.45) is 0 Å². The molecule has 3 aromatic carbocycles. The van der Waals surface area contributed by atoms with Gasteiger partial charge in [0.1, 0.15) is 12.4 Å². The Balaban J connectivity index is 1.67. The summed E-state index contributed by atoms with van der Waals surface area (Å²) in [7, 11) is 6.25. The van der Waals surface area contributed by atoms with E-state index in [4.69, 9.17) is 23.7 Å². The number of rotatable bonds is 8. The van der Waals surface area contributed by atoms with Crippen molar-refractivity contribution < 1.29 is 28.5 Å². The molecule has 0 fully saturated rings. The molecule has 0 saturated heterocycles. The lowest BCUT2D eigenvalue weighted by Gasteiger charge is -2.14. The number of methoxy groups -OCH3 is 4. The van der Waals surface area contributed by atoms with E-state index in [0.29, 0.717) is 17.2 Å². The van der Waals surface area contributed by atoms with Crippen molar-refractivity contribution in [3.63, 3.8) is 0 Å². The maximum atomic E-state index is 12.3. The van der Waals surface area contributed by atoms with Gasteiger partial charge in [-0.3, -0.25) is 4.79 Å². The number of esters is 1. The van der Waals surface area contributed by atoms with Gasteiger partial charge in [0, 0.05) is 0 Å². The largest absolute Gasteiger partial charge is 0.497 e. The number of hydrogen-bond donors (Lipinski definition) is 0. The lowest BCUT2D eigenvalue weighted by atomic mass is 10.1. The molecule has 0 radical (unpaired) electrons. The van der Waals surface area contributed by atoms with Crippen molar-refractivity contribution in [3.8, 4) is 23.0 Å². The Morgan fingerprint density at radius 1 is 0.724 bits per heavy atom. The van der Waals surface area contributed by atoms with Gasteiger partial charge < -0.3 is 23.7 Å². The van der Waals surface area contributed by atoms with Crippen LogP contribution in [-0.4, -0.2) is 34.4 Å². The van der Waals surface area contributed by atoms with Gasteiger partial charge in [0.05, 0.1) is 34.9 Å². The number of hydrogen-bond acceptors (Lipinski definition) is 6. The summed E-state index contributed by atoms with van der Waals surface area (Å²) in [4.78, 5) is 12.3. The number of fused-ring (bicyclic) bond motifs is 1. The van der Waals surface area contributed by atoms with Gasteiger partial charge in [0.15, 0.2) is 11.5 Å². The van der Waals surface area contributed by atoms with Gasteiger partial charge in [-0.1, -0.05) is 18.2 Å². The molecule has 0 N–H and O–H groups in total. The average molecular weight is 396 g/mol. The Bertz CT molecular complexity index is 986. The third-order valence-corrected chi connectivity index (χ3v) is 4.58. The van der Waals surface area contributed by atoms with Gasteiger partial charge in [-0.05, 0) is 52.2 Å². The van der Waals surface area contributed by atoms with Crippen LogP contribution in [0.25, 0.3) is 10.8 Å². The molecule has 29 heavy (non-hydrogen) atoms. The topological polar surface area (TPSA) is 63.2 Å². The Labute approximate surface area is 169 Å². The van der Waals surface area contributed by atoms with Crippen molar-refractivity contribution in [1.29, 1.82) is 0 Å². The van der Waals surface area contributed by atoms with Crippen LogP contribution in [0.15, 0.2) is 48.5 Å². The second-order valence-electron chi connectivity index (χ2n) is 6.42. The summed E-state index contributed by atoms with van der Waals surface area (Å²) in [5, 5.41) is 2.13. The van der Waals surface area contributed by atoms with E-state index in [1.807, 2.05) is 36.4 Å². The van der Waals surface area contributed by atoms with E-state index in [1.54, 1.807) is 19.2 Å². The van der Waals surface area contributed by atoms with Crippen molar-refractivity contribution in [1.82, 2.24) is 0 Å². The van der Waals surface area contributed by atoms with Crippen LogP contribution >= 0.6 is 0 Å². The van der Waals surface area contributed by atoms with Crippen LogP contribution < -0.4 is 18.9 Å². The molecule has 3 rings (SSSR count). The van der Waals surface area contributed by atoms with Crippen molar-refractivity contribution in [3.05, 3.63) is 59.7 Å². The highest BCUT2D eigenvalue weighted by atomic mass is 16.5. The second kappa shape index (κ2) is 9.19. The number of carbonyl (C=O) groups excluding carboxylic acids is 1. The van der Waals surface area contributed by atoms with E-state index in [9.17, 15) is 4.79 Å². The first kappa shape index (κ1) is 20.3. The summed E-state index contributed by atoms with van der Waals surface area (Å²) in [6, 6.07) is 15.3. The van der Waals surface area contributed by atoms with Crippen LogP contribution in [-0.2, 0) is 22.6 Å². The first-order valence-electron chi connectivity index (χ1n) is 9.09. The zero-order valence-electron chi connectivity index (χ0n) is 17.0. The Kier molecular flexibility index (Phi) is 6.44. The maximum absolute atomic E-state index is 12.3. The summed E-state index contributed by atoms with van der Waals surface area (Å²) in [5.74, 6) is 1.95. The van der Waals surface area contributed by atoms with Crippen molar-refractivity contribution in [2.45, 2.75) is 13.0 Å². The van der Waals surface area contributed by atoms with Gasteiger partial charge >= 0.3 is 5.97 Å². The maximum Gasteiger partial charge on any atom is 0.310 e. The fourth-order valence-electron chi connectivity index (χ4n) is 3.11. The molecule has 0 aliphatic heterocycles. The normalized spacial score (nSPS) is 10.5. The molecule has 0 heterocycles. The summed E-state index contributed by atoms with van der Waals surface area (Å²) < 4.78 is 26.6. The van der Waals surface area contributed by atoms with Gasteiger partial charge in [-0.15, -0.1) is 0 Å². The highest BCUT2D eigenvalue weighted by Gasteiger charge is 2.15. The summed E-state index contributed by atoms with van der Waals surface area (Å²) in [5.41, 5.74) is 1.64. The minimum absolute atomic E-state index is 0.0987. The minimum Gasteiger partial charge on any atom is -0.497 e. The molecule has 0 saturated carbocycles. The summed E-state index contributed by atoms with van der Waals surface area (Å²) in [6.07, 6.45) is 0.0987. The Morgan fingerprint density at radius 2 is 1.38 bits per heavy atom. The monoisotopic (exact) mass is 396 g/mol. The van der Waals surface area contributed by atoms with Crippen LogP contribution in [0, 0.1) is 0 Å². The van der Waals surface area contributed by atoms with Gasteiger partial charge in [0.25, 0.3) is 0 Å². The SMILES string of the molecule is COc1ccc2cc(COC(=O)Cc3cc(OC)c(OC)c(OC)c3)ccc2c1. The molecule has 0 bridgehead atoms. The zero-order valence-corrected chi connectivity index (χ0v) is 17.0. The molecule has 0 atom stereocenters. The molecule has 0 aromatic heterocycles. The molecule has 0 aliphatic carbocycles. The number of carbonyl (C=O) groups is 1. The molecular weight excluding hydrogens is 372 g/mol. The standard InChI is InChI=1S/C23H24O6/c1-25-19-8-7-17-9-15(5-6-18(17)13-19)14-29-22(24)12-16-10-20(26-2)23(28-4)21(11-16)27-3/h5-11,13H,12,14H2,1-4H3. The third-order valence-electron chi connectivity index (χ3n) is 4.58. The average Bonchev–Trinajstić information content (AvgIpc) is 2.76. The molecule has 0 spiro atoms. The molecule has 6 heteroatoms. The predicted molar refractivity (Wildman–Crippen MR) is 110 cm³/mol. The fourth-order valence-corrected chi connectivity index (χ4v) is 3.11. The molecule has 152 valence electrons. The van der Waals surface area contributed by atoms with E-state index in [0.717, 1.165) is 27.6 Å². The number of benzene rings is 3. The van der Waals surface area contributed by atoms with Gasteiger partial charge in [-0.25, -0.2) is 0 Å². The molecule has 0 aliphatic rings. The predicted octanol–water partition coefficient (Wildman–Crippen LogP) is 4.16. The molecule has 0 unspecified atom stereocenters. The van der Waals surface area contributed by atoms with Crippen LogP contribution in [0.1, 0.15) is 11.1 Å². The van der Waals surface area contributed by atoms with E-state index >= 15 is 0 Å². The quantitative estimate of drug-likeness (QED) is 0.533. The zero-order chi connectivity index (χ0) is 20.8. The number of ether oxygens (including phenoxy) is 5. The summed E-state index contributed by atoms with van der Waals surface area (Å²) in [6.45, 7) is 0.200. The molecular formula is C23H24O6. The fraction of sp³-hybridized carbons (Fsp3) is 0.261. The second-order valence-corrected chi connectivity index (χ2v) is 6.42. The molecule has 6 nitrogen and oxygen atoms in total. The van der Waals surface area contributed by atoms with Crippen molar-refractivity contribution in [2.75, 3.05) is 28.4 Å². The Hall–Kier alpha value is -3.41. The molecule has 3 aromatic rings. The van der Waals surface area contributed by atoms with Crippen LogP contribution in [0.2, 0.25) is 0 Å². The third kappa shape index (κ3) is 4.71. The van der Waals surface area contributed by atoms with Crippen LogP contribution in [0.5, 0.6) is 23.0 Å². The first-order chi connectivity index (χ1) is 14.1. The summed E-state index contributed by atoms with van der Waals surface area (Å²) >= 11 is 0. The van der Waals surface area contributed by atoms with Gasteiger partial charge in [-0.2, -0.15) is 0 Å². The van der Waals surface area contributed by atoms with Crippen molar-refractivity contribution >= 4 is 16.7 Å². The van der Waals surface area contributed by atoms with Crippen LogP contribution in [0.3, 0.4) is 0 Å². The van der Waals surface area contributed by atoms with E-state index < -0.39 is 0 Å². The van der Waals surface area contributed by atoms with E-state index in [2.05, 4.69) is 0 Å².